The van der Waals surface area contributed by atoms with E-state index in [-0.39, 0.29) is 28.6 Å². The van der Waals surface area contributed by atoms with Gasteiger partial charge in [0.1, 0.15) is 17.7 Å². The summed E-state index contributed by atoms with van der Waals surface area (Å²) < 4.78 is 41.3. The molecular formula is C31H31FN6O4S. The van der Waals surface area contributed by atoms with Crippen molar-refractivity contribution < 1.29 is 22.4 Å². The zero-order valence-electron chi connectivity index (χ0n) is 23.4. The highest BCUT2D eigenvalue weighted by molar-refractivity contribution is 7.92. The fourth-order valence-corrected chi connectivity index (χ4v) is 7.23. The zero-order chi connectivity index (χ0) is 30.3. The molecule has 3 aromatic carbocycles. The minimum atomic E-state index is -3.60. The van der Waals surface area contributed by atoms with Crippen LogP contribution in [-0.2, 0) is 27.6 Å². The maximum Gasteiger partial charge on any atom is 0.319 e. The summed E-state index contributed by atoms with van der Waals surface area (Å²) in [6.07, 6.45) is 2.75. The molecule has 10 nitrogen and oxygen atoms in total. The maximum atomic E-state index is 14.7. The lowest BCUT2D eigenvalue weighted by atomic mass is 10.00. The van der Waals surface area contributed by atoms with E-state index < -0.39 is 33.0 Å². The van der Waals surface area contributed by atoms with E-state index in [1.165, 1.54) is 11.0 Å². The molecule has 1 aliphatic heterocycles. The van der Waals surface area contributed by atoms with Crippen LogP contribution in [-0.4, -0.2) is 49.1 Å². The number of anilines is 3. The second-order valence-corrected chi connectivity index (χ2v) is 13.2. The van der Waals surface area contributed by atoms with Crippen LogP contribution < -0.4 is 21.7 Å². The summed E-state index contributed by atoms with van der Waals surface area (Å²) in [5.74, 6) is -0.675. The molecule has 6 rings (SSSR count). The molecule has 1 atom stereocenters. The molecule has 2 aliphatic rings. The summed E-state index contributed by atoms with van der Waals surface area (Å²) in [4.78, 5) is 32.2. The van der Waals surface area contributed by atoms with Crippen LogP contribution in [0.5, 0.6) is 0 Å². The maximum absolute atomic E-state index is 14.7. The molecule has 43 heavy (non-hydrogen) atoms. The van der Waals surface area contributed by atoms with E-state index in [2.05, 4.69) is 20.9 Å². The van der Waals surface area contributed by atoms with Gasteiger partial charge in [-0.3, -0.25) is 4.79 Å². The van der Waals surface area contributed by atoms with Crippen molar-refractivity contribution in [3.63, 3.8) is 0 Å². The molecular weight excluding hydrogens is 571 g/mol. The highest BCUT2D eigenvalue weighted by Crippen LogP contribution is 2.36. The number of amides is 3. The molecule has 1 aromatic heterocycles. The first-order valence-electron chi connectivity index (χ1n) is 14.0. The van der Waals surface area contributed by atoms with Crippen LogP contribution in [0, 0.1) is 5.82 Å². The van der Waals surface area contributed by atoms with Gasteiger partial charge < -0.3 is 26.6 Å². The van der Waals surface area contributed by atoms with Crippen molar-refractivity contribution in [3.8, 4) is 0 Å². The third-order valence-corrected chi connectivity index (χ3v) is 10.1. The number of fused-ring (bicyclic) bond motifs is 5. The number of nitrogens with zero attached hydrogens (tertiary/aromatic N) is 2. The van der Waals surface area contributed by atoms with Gasteiger partial charge in [0, 0.05) is 42.3 Å². The van der Waals surface area contributed by atoms with Crippen LogP contribution >= 0.6 is 0 Å². The Morgan fingerprint density at radius 3 is 2.65 bits per heavy atom. The number of hydrogen-bond acceptors (Lipinski definition) is 7. The van der Waals surface area contributed by atoms with Crippen molar-refractivity contribution in [1.29, 1.82) is 0 Å². The number of nitrogen functional groups attached to an aromatic ring is 1. The number of carbonyl (C=O) groups is 2. The van der Waals surface area contributed by atoms with E-state index in [0.717, 1.165) is 11.8 Å². The van der Waals surface area contributed by atoms with Crippen molar-refractivity contribution in [1.82, 2.24) is 15.2 Å². The Bertz CT molecular complexity index is 1860. The Balaban J connectivity index is 1.41. The number of halogens is 1. The predicted molar refractivity (Wildman–Crippen MR) is 163 cm³/mol. The molecule has 222 valence electrons. The molecule has 1 saturated carbocycles. The van der Waals surface area contributed by atoms with Crippen LogP contribution in [0.1, 0.15) is 35.6 Å². The number of rotatable bonds is 4. The molecule has 0 unspecified atom stereocenters. The fraction of sp³-hybridized carbons (Fsp3) is 0.258. The van der Waals surface area contributed by atoms with Gasteiger partial charge in [-0.25, -0.2) is 22.6 Å². The lowest BCUT2D eigenvalue weighted by Gasteiger charge is -2.27. The first kappa shape index (κ1) is 28.4. The molecule has 4 bridgehead atoms. The van der Waals surface area contributed by atoms with Gasteiger partial charge >= 0.3 is 6.03 Å². The molecule has 0 radical (unpaired) electrons. The minimum absolute atomic E-state index is 0.0241. The monoisotopic (exact) mass is 602 g/mol. The van der Waals surface area contributed by atoms with Gasteiger partial charge in [-0.05, 0) is 72.4 Å². The number of benzene rings is 3. The predicted octanol–water partition coefficient (Wildman–Crippen LogP) is 4.38. The molecule has 12 heteroatoms. The Kier molecular flexibility index (Phi) is 7.38. The first-order chi connectivity index (χ1) is 20.6. The molecule has 2 heterocycles. The fourth-order valence-electron chi connectivity index (χ4n) is 5.37. The highest BCUT2D eigenvalue weighted by Gasteiger charge is 2.38. The summed E-state index contributed by atoms with van der Waals surface area (Å²) in [6.45, 7) is 0.311. The summed E-state index contributed by atoms with van der Waals surface area (Å²) in [5.41, 5.74) is 8.80. The number of nitrogens with one attached hydrogen (secondary N) is 3. The molecule has 1 fully saturated rings. The molecule has 3 amide bonds. The van der Waals surface area contributed by atoms with Crippen LogP contribution in [0.4, 0.5) is 26.4 Å². The summed E-state index contributed by atoms with van der Waals surface area (Å²) >= 11 is 0. The summed E-state index contributed by atoms with van der Waals surface area (Å²) in [7, 11) is -1.99. The van der Waals surface area contributed by atoms with E-state index in [0.29, 0.717) is 53.7 Å². The average molecular weight is 603 g/mol. The van der Waals surface area contributed by atoms with Crippen LogP contribution in [0.3, 0.4) is 0 Å². The second kappa shape index (κ2) is 11.2. The molecule has 1 aliphatic carbocycles. The second-order valence-electron chi connectivity index (χ2n) is 11.0. The lowest BCUT2D eigenvalue weighted by Crippen LogP contribution is -2.35. The van der Waals surface area contributed by atoms with E-state index in [1.54, 1.807) is 37.4 Å². The van der Waals surface area contributed by atoms with Gasteiger partial charge in [0.15, 0.2) is 9.84 Å². The molecule has 5 N–H and O–H groups in total. The number of sulfone groups is 1. The number of pyridine rings is 1. The third kappa shape index (κ3) is 5.82. The Morgan fingerprint density at radius 1 is 1.05 bits per heavy atom. The van der Waals surface area contributed by atoms with Crippen molar-refractivity contribution in [2.45, 2.75) is 42.0 Å². The van der Waals surface area contributed by atoms with Crippen molar-refractivity contribution in [2.75, 3.05) is 30.0 Å². The van der Waals surface area contributed by atoms with E-state index >= 15 is 0 Å². The van der Waals surface area contributed by atoms with Gasteiger partial charge in [0.05, 0.1) is 16.3 Å². The van der Waals surface area contributed by atoms with Crippen molar-refractivity contribution in [3.05, 3.63) is 89.4 Å². The summed E-state index contributed by atoms with van der Waals surface area (Å²) in [6, 6.07) is 15.7. The topological polar surface area (TPSA) is 147 Å². The number of likely N-dealkylation sites (N-methyl/N-ethyl adjacent to an activating group) is 1. The molecule has 0 spiro atoms. The molecule has 0 saturated heterocycles. The van der Waals surface area contributed by atoms with E-state index in [9.17, 15) is 22.4 Å². The number of nitrogens with two attached hydrogens (primary N) is 1. The minimum Gasteiger partial charge on any atom is -0.383 e. The average Bonchev–Trinajstić information content (AvgIpc) is 3.84. The standard InChI is InChI=1S/C31H31FN6O4S/c1-38-17-20-14-21(6-10-27(20)43(41,42)23-7-8-23)37-31(40)34-12-11-18-3-2-4-19(13-18)28(30(38)39)36-22-5-9-24-25(15-22)26(32)16-35-29(24)33/h2-6,9-10,13-16,23,28,36H,7-8,11-12,17H2,1H3,(H2,33,35)(H2,34,37,40)/t28-/m1/s1. The number of urea groups is 1. The SMILES string of the molecule is CN1Cc2cc(ccc2S(=O)(=O)C2CC2)NC(=O)NCCc2cccc(c2)[C@@H](Nc2ccc3c(N)ncc(F)c3c2)C1=O. The van der Waals surface area contributed by atoms with Crippen molar-refractivity contribution >= 4 is 49.7 Å². The summed E-state index contributed by atoms with van der Waals surface area (Å²) in [5, 5.41) is 9.14. The van der Waals surface area contributed by atoms with E-state index in [1.807, 2.05) is 24.3 Å². The molecule has 4 aromatic rings. The van der Waals surface area contributed by atoms with Crippen LogP contribution in [0.15, 0.2) is 71.8 Å². The Hall–Kier alpha value is -4.71. The smallest absolute Gasteiger partial charge is 0.319 e. The number of carbonyl (C=O) groups excluding carboxylic acids is 2. The van der Waals surface area contributed by atoms with Gasteiger partial charge in [-0.15, -0.1) is 0 Å². The number of aromatic nitrogens is 1. The third-order valence-electron chi connectivity index (χ3n) is 7.78. The Labute approximate surface area is 248 Å². The quantitative estimate of drug-likeness (QED) is 0.271. The largest absolute Gasteiger partial charge is 0.383 e. The van der Waals surface area contributed by atoms with Gasteiger partial charge in [-0.1, -0.05) is 24.3 Å². The van der Waals surface area contributed by atoms with Gasteiger partial charge in [0.25, 0.3) is 0 Å². The van der Waals surface area contributed by atoms with Crippen molar-refractivity contribution in [2.24, 2.45) is 0 Å². The Morgan fingerprint density at radius 2 is 1.86 bits per heavy atom. The van der Waals surface area contributed by atoms with Crippen LogP contribution in [0.25, 0.3) is 10.8 Å². The van der Waals surface area contributed by atoms with E-state index in [4.69, 9.17) is 5.73 Å². The van der Waals surface area contributed by atoms with Gasteiger partial charge in [0.2, 0.25) is 5.91 Å². The first-order valence-corrected chi connectivity index (χ1v) is 15.5. The zero-order valence-corrected chi connectivity index (χ0v) is 24.2. The van der Waals surface area contributed by atoms with Gasteiger partial charge in [-0.2, -0.15) is 0 Å². The van der Waals surface area contributed by atoms with Crippen LogP contribution in [0.2, 0.25) is 0 Å². The lowest BCUT2D eigenvalue weighted by molar-refractivity contribution is -0.131. The number of hydrogen-bond donors (Lipinski definition) is 4. The highest BCUT2D eigenvalue weighted by atomic mass is 32.2. The normalized spacial score (nSPS) is 17.9.